The van der Waals surface area contributed by atoms with Gasteiger partial charge in [0.15, 0.2) is 6.61 Å². The van der Waals surface area contributed by atoms with E-state index in [1.807, 2.05) is 42.5 Å². The van der Waals surface area contributed by atoms with Crippen molar-refractivity contribution in [3.05, 3.63) is 77.3 Å². The van der Waals surface area contributed by atoms with Crippen molar-refractivity contribution in [3.63, 3.8) is 0 Å². The molecule has 0 heterocycles. The van der Waals surface area contributed by atoms with Crippen LogP contribution in [-0.2, 0) is 4.79 Å². The van der Waals surface area contributed by atoms with Gasteiger partial charge in [0.2, 0.25) is 0 Å². The maximum atomic E-state index is 11.8. The molecule has 0 aromatic heterocycles. The number of nitrogens with zero attached hydrogens (tertiary/aromatic N) is 1. The van der Waals surface area contributed by atoms with E-state index in [-0.39, 0.29) is 12.5 Å². The number of nitrogens with one attached hydrogen (secondary N) is 1. The molecule has 1 amide bonds. The molecule has 0 radical (unpaired) electrons. The van der Waals surface area contributed by atoms with Gasteiger partial charge in [0.1, 0.15) is 5.75 Å². The highest BCUT2D eigenvalue weighted by Gasteiger charge is 2.02. The Labute approximate surface area is 144 Å². The summed E-state index contributed by atoms with van der Waals surface area (Å²) in [5.41, 5.74) is 3.39. The average Bonchev–Trinajstić information content (AvgIpc) is 2.60. The number of fused-ring (bicyclic) bond motifs is 1. The van der Waals surface area contributed by atoms with E-state index in [0.717, 1.165) is 16.3 Å². The monoisotopic (exact) mass is 338 g/mol. The lowest BCUT2D eigenvalue weighted by Crippen LogP contribution is -2.24. The minimum atomic E-state index is -0.341. The number of benzene rings is 3. The average molecular weight is 339 g/mol. The van der Waals surface area contributed by atoms with Crippen molar-refractivity contribution in [2.45, 2.75) is 0 Å². The molecule has 0 fully saturated rings. The number of hydrogen-bond acceptors (Lipinski definition) is 3. The fourth-order valence-electron chi connectivity index (χ4n) is 2.27. The summed E-state index contributed by atoms with van der Waals surface area (Å²) in [6.45, 7) is -0.132. The van der Waals surface area contributed by atoms with E-state index in [0.29, 0.717) is 10.8 Å². The molecule has 3 aromatic rings. The van der Waals surface area contributed by atoms with E-state index < -0.39 is 0 Å². The summed E-state index contributed by atoms with van der Waals surface area (Å²) in [7, 11) is 0. The van der Waals surface area contributed by atoms with Crippen LogP contribution in [-0.4, -0.2) is 18.7 Å². The van der Waals surface area contributed by atoms with Crippen molar-refractivity contribution in [1.29, 1.82) is 0 Å². The Balaban J connectivity index is 1.58. The zero-order chi connectivity index (χ0) is 16.8. The molecule has 120 valence electrons. The van der Waals surface area contributed by atoms with Crippen LogP contribution in [0.2, 0.25) is 5.02 Å². The molecule has 0 bridgehead atoms. The van der Waals surface area contributed by atoms with Crippen molar-refractivity contribution in [3.8, 4) is 5.75 Å². The van der Waals surface area contributed by atoms with Crippen LogP contribution >= 0.6 is 11.6 Å². The molecule has 0 aliphatic carbocycles. The highest BCUT2D eigenvalue weighted by molar-refractivity contribution is 6.30. The first kappa shape index (κ1) is 16.0. The number of ether oxygens (including phenoxy) is 1. The third kappa shape index (κ3) is 4.12. The van der Waals surface area contributed by atoms with Crippen LogP contribution in [0.4, 0.5) is 0 Å². The standard InChI is InChI=1S/C19H15ClN2O2/c20-16-8-4-9-17(11-16)24-13-19(23)22-21-12-15-7-3-6-14-5-1-2-10-18(14)15/h1-12H,13H2,(H,22,23). The first-order valence-electron chi connectivity index (χ1n) is 7.40. The molecular formula is C19H15ClN2O2. The zero-order valence-electron chi connectivity index (χ0n) is 12.8. The molecule has 0 atom stereocenters. The van der Waals surface area contributed by atoms with Gasteiger partial charge in [-0.2, -0.15) is 5.10 Å². The minimum Gasteiger partial charge on any atom is -0.484 e. The molecule has 1 N–H and O–H groups in total. The second kappa shape index (κ2) is 7.62. The summed E-state index contributed by atoms with van der Waals surface area (Å²) in [6.07, 6.45) is 1.62. The highest BCUT2D eigenvalue weighted by Crippen LogP contribution is 2.17. The molecule has 4 nitrogen and oxygen atoms in total. The van der Waals surface area contributed by atoms with Crippen LogP contribution < -0.4 is 10.2 Å². The predicted octanol–water partition coefficient (Wildman–Crippen LogP) is 4.02. The summed E-state index contributed by atoms with van der Waals surface area (Å²) in [5.74, 6) is 0.196. The summed E-state index contributed by atoms with van der Waals surface area (Å²) >= 11 is 5.86. The Morgan fingerprint density at radius 3 is 2.75 bits per heavy atom. The molecule has 0 unspecified atom stereocenters. The van der Waals surface area contributed by atoms with Crippen molar-refractivity contribution in [2.24, 2.45) is 5.10 Å². The van der Waals surface area contributed by atoms with Gasteiger partial charge in [0.05, 0.1) is 6.21 Å². The second-order valence-electron chi connectivity index (χ2n) is 5.11. The van der Waals surface area contributed by atoms with Crippen molar-refractivity contribution in [1.82, 2.24) is 5.43 Å². The minimum absolute atomic E-state index is 0.132. The van der Waals surface area contributed by atoms with Gasteiger partial charge in [-0.15, -0.1) is 0 Å². The Hall–Kier alpha value is -2.85. The molecule has 0 aliphatic rings. The van der Waals surface area contributed by atoms with Gasteiger partial charge in [-0.1, -0.05) is 60.1 Å². The molecule has 0 aliphatic heterocycles. The summed E-state index contributed by atoms with van der Waals surface area (Å²) in [5, 5.41) is 6.75. The van der Waals surface area contributed by atoms with E-state index >= 15 is 0 Å². The maximum Gasteiger partial charge on any atom is 0.277 e. The number of carbonyl (C=O) groups is 1. The Kier molecular flexibility index (Phi) is 5.08. The van der Waals surface area contributed by atoms with E-state index in [9.17, 15) is 4.79 Å². The lowest BCUT2D eigenvalue weighted by Gasteiger charge is -2.05. The van der Waals surface area contributed by atoms with Crippen LogP contribution in [0.3, 0.4) is 0 Å². The maximum absolute atomic E-state index is 11.8. The molecular weight excluding hydrogens is 324 g/mol. The lowest BCUT2D eigenvalue weighted by molar-refractivity contribution is -0.123. The normalized spacial score (nSPS) is 10.9. The fourth-order valence-corrected chi connectivity index (χ4v) is 2.46. The van der Waals surface area contributed by atoms with Gasteiger partial charge in [0.25, 0.3) is 5.91 Å². The fraction of sp³-hybridized carbons (Fsp3) is 0.0526. The topological polar surface area (TPSA) is 50.7 Å². The highest BCUT2D eigenvalue weighted by atomic mass is 35.5. The summed E-state index contributed by atoms with van der Waals surface area (Å²) in [4.78, 5) is 11.8. The number of hydrogen-bond donors (Lipinski definition) is 1. The first-order chi connectivity index (χ1) is 11.7. The third-order valence-corrected chi connectivity index (χ3v) is 3.62. The quantitative estimate of drug-likeness (QED) is 0.564. The zero-order valence-corrected chi connectivity index (χ0v) is 13.5. The Morgan fingerprint density at radius 1 is 1.08 bits per heavy atom. The van der Waals surface area contributed by atoms with Crippen LogP contribution in [0.1, 0.15) is 5.56 Å². The molecule has 5 heteroatoms. The molecule has 24 heavy (non-hydrogen) atoms. The van der Waals surface area contributed by atoms with Crippen molar-refractivity contribution >= 4 is 34.5 Å². The number of hydrazone groups is 1. The largest absolute Gasteiger partial charge is 0.484 e. The molecule has 3 aromatic carbocycles. The molecule has 0 saturated heterocycles. The number of carbonyl (C=O) groups excluding carboxylic acids is 1. The van der Waals surface area contributed by atoms with Crippen LogP contribution in [0, 0.1) is 0 Å². The Bertz CT molecular complexity index is 888. The van der Waals surface area contributed by atoms with E-state index in [4.69, 9.17) is 16.3 Å². The number of rotatable bonds is 5. The van der Waals surface area contributed by atoms with Crippen molar-refractivity contribution in [2.75, 3.05) is 6.61 Å². The van der Waals surface area contributed by atoms with Gasteiger partial charge in [-0.25, -0.2) is 5.43 Å². The summed E-state index contributed by atoms with van der Waals surface area (Å²) < 4.78 is 5.35. The third-order valence-electron chi connectivity index (χ3n) is 3.38. The predicted molar refractivity (Wildman–Crippen MR) is 96.6 cm³/mol. The van der Waals surface area contributed by atoms with E-state index in [1.165, 1.54) is 0 Å². The van der Waals surface area contributed by atoms with E-state index in [2.05, 4.69) is 10.5 Å². The van der Waals surface area contributed by atoms with Crippen LogP contribution in [0.15, 0.2) is 71.8 Å². The first-order valence-corrected chi connectivity index (χ1v) is 7.78. The van der Waals surface area contributed by atoms with E-state index in [1.54, 1.807) is 30.5 Å². The van der Waals surface area contributed by atoms with Gasteiger partial charge < -0.3 is 4.74 Å². The van der Waals surface area contributed by atoms with Crippen molar-refractivity contribution < 1.29 is 9.53 Å². The SMILES string of the molecule is O=C(COc1cccc(Cl)c1)NN=Cc1cccc2ccccc12. The van der Waals surface area contributed by atoms with Crippen LogP contribution in [0.5, 0.6) is 5.75 Å². The number of halogens is 1. The molecule has 3 rings (SSSR count). The van der Waals surface area contributed by atoms with Gasteiger partial charge >= 0.3 is 0 Å². The lowest BCUT2D eigenvalue weighted by atomic mass is 10.1. The second-order valence-corrected chi connectivity index (χ2v) is 5.54. The summed E-state index contributed by atoms with van der Waals surface area (Å²) in [6, 6.07) is 20.8. The smallest absolute Gasteiger partial charge is 0.277 e. The molecule has 0 saturated carbocycles. The Morgan fingerprint density at radius 2 is 1.88 bits per heavy atom. The number of amides is 1. The van der Waals surface area contributed by atoms with Crippen LogP contribution in [0.25, 0.3) is 10.8 Å². The molecule has 0 spiro atoms. The van der Waals surface area contributed by atoms with Gasteiger partial charge in [-0.05, 0) is 29.0 Å². The van der Waals surface area contributed by atoms with Gasteiger partial charge in [-0.3, -0.25) is 4.79 Å². The van der Waals surface area contributed by atoms with Gasteiger partial charge in [0, 0.05) is 10.6 Å².